The molecule has 1 aromatic carbocycles. The number of nitrogens with zero attached hydrogens (tertiary/aromatic N) is 2. The lowest BCUT2D eigenvalue weighted by Crippen LogP contribution is -2.41. The minimum absolute atomic E-state index is 0.411. The van der Waals surface area contributed by atoms with Gasteiger partial charge in [0.05, 0.1) is 0 Å². The maximum Gasteiger partial charge on any atom is 0.191 e. The van der Waals surface area contributed by atoms with Gasteiger partial charge in [-0.15, -0.1) is 0 Å². The average Bonchev–Trinajstić information content (AvgIpc) is 2.56. The van der Waals surface area contributed by atoms with Gasteiger partial charge < -0.3 is 20.3 Å². The number of rotatable bonds is 10. The minimum atomic E-state index is 0.411. The van der Waals surface area contributed by atoms with Gasteiger partial charge in [0, 0.05) is 26.2 Å². The zero-order chi connectivity index (χ0) is 18.7. The van der Waals surface area contributed by atoms with E-state index < -0.39 is 0 Å². The summed E-state index contributed by atoms with van der Waals surface area (Å²) in [5.41, 5.74) is 1.18. The fraction of sp³-hybridized carbons (Fsp3) is 0.650. The largest absolute Gasteiger partial charge is 0.492 e. The van der Waals surface area contributed by atoms with Crippen molar-refractivity contribution in [1.29, 1.82) is 0 Å². The molecule has 0 aliphatic heterocycles. The van der Waals surface area contributed by atoms with Crippen LogP contribution in [0, 0.1) is 5.92 Å². The predicted octanol–water partition coefficient (Wildman–Crippen LogP) is 3.12. The lowest BCUT2D eigenvalue weighted by atomic mass is 10.0. The van der Waals surface area contributed by atoms with Gasteiger partial charge in [0.25, 0.3) is 0 Å². The van der Waals surface area contributed by atoms with E-state index in [4.69, 9.17) is 4.74 Å². The van der Waals surface area contributed by atoms with E-state index in [1.54, 1.807) is 0 Å². The topological polar surface area (TPSA) is 48.9 Å². The lowest BCUT2D eigenvalue weighted by molar-refractivity contribution is 0.261. The van der Waals surface area contributed by atoms with E-state index in [0.717, 1.165) is 37.1 Å². The Labute approximate surface area is 153 Å². The van der Waals surface area contributed by atoms with Crippen molar-refractivity contribution in [1.82, 2.24) is 15.5 Å². The molecule has 0 spiro atoms. The molecule has 0 saturated carbocycles. The highest BCUT2D eigenvalue weighted by Crippen LogP contribution is 2.13. The van der Waals surface area contributed by atoms with Crippen LogP contribution in [0.1, 0.15) is 39.2 Å². The van der Waals surface area contributed by atoms with Crippen LogP contribution in [0.2, 0.25) is 0 Å². The zero-order valence-electron chi connectivity index (χ0n) is 16.8. The molecule has 1 aromatic rings. The lowest BCUT2D eigenvalue weighted by Gasteiger charge is -2.19. The molecule has 0 saturated heterocycles. The van der Waals surface area contributed by atoms with E-state index in [0.29, 0.717) is 12.6 Å². The summed E-state index contributed by atoms with van der Waals surface area (Å²) in [5, 5.41) is 6.84. The molecule has 5 nitrogen and oxygen atoms in total. The Hall–Kier alpha value is -1.75. The van der Waals surface area contributed by atoms with Crippen LogP contribution < -0.4 is 15.4 Å². The van der Waals surface area contributed by atoms with Crippen LogP contribution in [0.15, 0.2) is 29.3 Å². The maximum absolute atomic E-state index is 5.79. The zero-order valence-corrected chi connectivity index (χ0v) is 16.8. The van der Waals surface area contributed by atoms with Gasteiger partial charge >= 0.3 is 0 Å². The van der Waals surface area contributed by atoms with Crippen molar-refractivity contribution >= 4 is 5.96 Å². The molecule has 1 rings (SSSR count). The van der Waals surface area contributed by atoms with E-state index in [1.165, 1.54) is 12.0 Å². The number of guanidine groups is 1. The second-order valence-electron chi connectivity index (χ2n) is 7.24. The second kappa shape index (κ2) is 11.7. The Morgan fingerprint density at radius 1 is 1.20 bits per heavy atom. The van der Waals surface area contributed by atoms with E-state index in [-0.39, 0.29) is 0 Å². The minimum Gasteiger partial charge on any atom is -0.492 e. The SMILES string of the molecule is CN=C(NCc1cccc(OCCN(C)C)c1)NC(C)CCC(C)C. The third kappa shape index (κ3) is 9.97. The quantitative estimate of drug-likeness (QED) is 0.504. The number of hydrogen-bond acceptors (Lipinski definition) is 3. The molecule has 1 atom stereocenters. The van der Waals surface area contributed by atoms with Crippen molar-refractivity contribution in [3.8, 4) is 5.75 Å². The fourth-order valence-electron chi connectivity index (χ4n) is 2.36. The number of likely N-dealkylation sites (N-methyl/N-ethyl adjacent to an activating group) is 1. The van der Waals surface area contributed by atoms with Crippen molar-refractivity contribution in [3.05, 3.63) is 29.8 Å². The molecule has 0 bridgehead atoms. The highest BCUT2D eigenvalue weighted by molar-refractivity contribution is 5.79. The number of hydrogen-bond donors (Lipinski definition) is 2. The maximum atomic E-state index is 5.79. The van der Waals surface area contributed by atoms with Crippen molar-refractivity contribution in [2.24, 2.45) is 10.9 Å². The summed E-state index contributed by atoms with van der Waals surface area (Å²) in [6.07, 6.45) is 2.37. The molecule has 25 heavy (non-hydrogen) atoms. The Kier molecular flexibility index (Phi) is 10.0. The number of aliphatic imine (C=N–C) groups is 1. The van der Waals surface area contributed by atoms with Crippen molar-refractivity contribution in [2.75, 3.05) is 34.3 Å². The molecule has 1 unspecified atom stereocenters. The monoisotopic (exact) mass is 348 g/mol. The summed E-state index contributed by atoms with van der Waals surface area (Å²) >= 11 is 0. The normalized spacial score (nSPS) is 13.2. The Morgan fingerprint density at radius 3 is 2.60 bits per heavy atom. The van der Waals surface area contributed by atoms with Crippen LogP contribution in [0.4, 0.5) is 0 Å². The first-order chi connectivity index (χ1) is 11.9. The predicted molar refractivity (Wildman–Crippen MR) is 107 cm³/mol. The van der Waals surface area contributed by atoms with E-state index in [1.807, 2.05) is 33.3 Å². The van der Waals surface area contributed by atoms with E-state index in [2.05, 4.69) is 53.4 Å². The fourth-order valence-corrected chi connectivity index (χ4v) is 2.36. The summed E-state index contributed by atoms with van der Waals surface area (Å²) in [5.74, 6) is 2.49. The number of ether oxygens (including phenoxy) is 1. The molecule has 0 fully saturated rings. The third-order valence-electron chi connectivity index (χ3n) is 3.95. The first-order valence-corrected chi connectivity index (χ1v) is 9.24. The number of benzene rings is 1. The summed E-state index contributed by atoms with van der Waals surface area (Å²) in [7, 11) is 5.90. The van der Waals surface area contributed by atoms with Gasteiger partial charge in [-0.2, -0.15) is 0 Å². The second-order valence-corrected chi connectivity index (χ2v) is 7.24. The molecule has 2 N–H and O–H groups in total. The highest BCUT2D eigenvalue weighted by atomic mass is 16.5. The van der Waals surface area contributed by atoms with Gasteiger partial charge in [-0.25, -0.2) is 0 Å². The smallest absolute Gasteiger partial charge is 0.191 e. The Balaban J connectivity index is 2.44. The molecular weight excluding hydrogens is 312 g/mol. The van der Waals surface area contributed by atoms with Crippen molar-refractivity contribution in [2.45, 2.75) is 46.2 Å². The van der Waals surface area contributed by atoms with Crippen LogP contribution in [0.3, 0.4) is 0 Å². The van der Waals surface area contributed by atoms with E-state index in [9.17, 15) is 0 Å². The molecule has 0 aliphatic rings. The molecule has 0 aromatic heterocycles. The third-order valence-corrected chi connectivity index (χ3v) is 3.95. The molecule has 0 heterocycles. The van der Waals surface area contributed by atoms with Gasteiger partial charge in [0.2, 0.25) is 0 Å². The highest BCUT2D eigenvalue weighted by Gasteiger charge is 2.06. The van der Waals surface area contributed by atoms with E-state index >= 15 is 0 Å². The van der Waals surface area contributed by atoms with Crippen molar-refractivity contribution in [3.63, 3.8) is 0 Å². The molecule has 0 amide bonds. The van der Waals surface area contributed by atoms with Crippen LogP contribution in [-0.2, 0) is 6.54 Å². The average molecular weight is 349 g/mol. The van der Waals surface area contributed by atoms with Gasteiger partial charge in [-0.05, 0) is 57.5 Å². The molecule has 142 valence electrons. The Bertz CT molecular complexity index is 514. The molecule has 0 aliphatic carbocycles. The standard InChI is InChI=1S/C20H36N4O/c1-16(2)10-11-17(3)23-20(21-4)22-15-18-8-7-9-19(14-18)25-13-12-24(5)6/h7-9,14,16-17H,10-13,15H2,1-6H3,(H2,21,22,23). The van der Waals surface area contributed by atoms with Gasteiger partial charge in [-0.1, -0.05) is 26.0 Å². The van der Waals surface area contributed by atoms with Crippen molar-refractivity contribution < 1.29 is 4.74 Å². The van der Waals surface area contributed by atoms with Gasteiger partial charge in [0.15, 0.2) is 5.96 Å². The van der Waals surface area contributed by atoms with Gasteiger partial charge in [0.1, 0.15) is 12.4 Å². The van der Waals surface area contributed by atoms with Crippen LogP contribution in [0.25, 0.3) is 0 Å². The molecule has 5 heteroatoms. The summed E-state index contributed by atoms with van der Waals surface area (Å²) in [4.78, 5) is 6.43. The van der Waals surface area contributed by atoms with Crippen LogP contribution in [-0.4, -0.2) is 51.2 Å². The summed E-state index contributed by atoms with van der Waals surface area (Å²) in [6, 6.07) is 8.62. The van der Waals surface area contributed by atoms with Gasteiger partial charge in [-0.3, -0.25) is 4.99 Å². The van der Waals surface area contributed by atoms with Crippen LogP contribution >= 0.6 is 0 Å². The number of nitrogens with one attached hydrogen (secondary N) is 2. The molecular formula is C20H36N4O. The summed E-state index contributed by atoms with van der Waals surface area (Å²) in [6.45, 7) is 9.05. The Morgan fingerprint density at radius 2 is 1.96 bits per heavy atom. The molecule has 0 radical (unpaired) electrons. The first kappa shape index (κ1) is 21.3. The first-order valence-electron chi connectivity index (χ1n) is 9.24. The summed E-state index contributed by atoms with van der Waals surface area (Å²) < 4.78 is 5.79. The van der Waals surface area contributed by atoms with Crippen LogP contribution in [0.5, 0.6) is 5.75 Å².